The molecule has 0 radical (unpaired) electrons. The quantitative estimate of drug-likeness (QED) is 0.516. The van der Waals surface area contributed by atoms with Crippen LogP contribution in [0.4, 0.5) is 0 Å². The highest BCUT2D eigenvalue weighted by Gasteiger charge is 1.97. The number of hydrogen-bond acceptors (Lipinski definition) is 2. The van der Waals surface area contributed by atoms with Gasteiger partial charge in [0.15, 0.2) is 0 Å². The molecule has 0 spiro atoms. The molecule has 0 aromatic carbocycles. The van der Waals surface area contributed by atoms with Crippen molar-refractivity contribution in [3.05, 3.63) is 27.5 Å². The molecule has 12 heavy (non-hydrogen) atoms. The van der Waals surface area contributed by atoms with Crippen molar-refractivity contribution in [2.24, 2.45) is 0 Å². The summed E-state index contributed by atoms with van der Waals surface area (Å²) in [6, 6.07) is 2.06. The van der Waals surface area contributed by atoms with E-state index in [1.807, 2.05) is 18.4 Å². The summed E-state index contributed by atoms with van der Waals surface area (Å²) in [5.74, 6) is 0. The maximum absolute atomic E-state index is 10.5. The fourth-order valence-electron chi connectivity index (χ4n) is 0.920. The van der Waals surface area contributed by atoms with E-state index in [1.54, 1.807) is 11.3 Å². The zero-order valence-electron chi connectivity index (χ0n) is 7.33. The molecule has 0 aliphatic carbocycles. The van der Waals surface area contributed by atoms with E-state index < -0.39 is 0 Å². The minimum atomic E-state index is 0.806. The second-order valence-electron chi connectivity index (χ2n) is 2.66. The van der Waals surface area contributed by atoms with E-state index in [-0.39, 0.29) is 0 Å². The first-order valence-electron chi connectivity index (χ1n) is 3.97. The van der Waals surface area contributed by atoms with Crippen LogP contribution >= 0.6 is 11.3 Å². The van der Waals surface area contributed by atoms with Crippen molar-refractivity contribution in [2.45, 2.75) is 20.3 Å². The van der Waals surface area contributed by atoms with E-state index in [0.717, 1.165) is 18.3 Å². The summed E-state index contributed by atoms with van der Waals surface area (Å²) in [4.78, 5) is 11.7. The Morgan fingerprint density at radius 2 is 2.42 bits per heavy atom. The Morgan fingerprint density at radius 1 is 1.67 bits per heavy atom. The minimum Gasteiger partial charge on any atom is -0.298 e. The monoisotopic (exact) mass is 180 g/mol. The number of hydrogen-bond donors (Lipinski definition) is 0. The largest absolute Gasteiger partial charge is 0.298 e. The van der Waals surface area contributed by atoms with Crippen molar-refractivity contribution >= 4 is 23.7 Å². The Balaban J connectivity index is 2.92. The zero-order chi connectivity index (χ0) is 8.97. The highest BCUT2D eigenvalue weighted by atomic mass is 32.1. The average molecular weight is 180 g/mol. The predicted octanol–water partition coefficient (Wildman–Crippen LogP) is 3.05. The van der Waals surface area contributed by atoms with E-state index >= 15 is 0 Å². The van der Waals surface area contributed by atoms with Crippen molar-refractivity contribution in [1.82, 2.24) is 0 Å². The third kappa shape index (κ3) is 2.05. The summed E-state index contributed by atoms with van der Waals surface area (Å²) in [5.41, 5.74) is 2.10. The number of carbonyl (C=O) groups is 1. The van der Waals surface area contributed by atoms with Crippen LogP contribution in [-0.4, -0.2) is 6.29 Å². The van der Waals surface area contributed by atoms with Gasteiger partial charge in [-0.05, 0) is 42.0 Å². The van der Waals surface area contributed by atoms with Crippen molar-refractivity contribution in [3.63, 3.8) is 0 Å². The molecular weight excluding hydrogens is 168 g/mol. The third-order valence-corrected chi connectivity index (χ3v) is 2.74. The summed E-state index contributed by atoms with van der Waals surface area (Å²) < 4.78 is 0. The number of allylic oxidation sites excluding steroid dienone is 1. The Kier molecular flexibility index (Phi) is 3.23. The van der Waals surface area contributed by atoms with Crippen LogP contribution in [0.1, 0.15) is 23.8 Å². The summed E-state index contributed by atoms with van der Waals surface area (Å²) in [6.07, 6.45) is 3.70. The van der Waals surface area contributed by atoms with Crippen LogP contribution in [0.3, 0.4) is 0 Å². The number of carbonyl (C=O) groups excluding carboxylic acids is 1. The molecule has 1 aromatic rings. The topological polar surface area (TPSA) is 17.1 Å². The molecular formula is C10H12OS. The van der Waals surface area contributed by atoms with E-state index in [4.69, 9.17) is 0 Å². The lowest BCUT2D eigenvalue weighted by Gasteiger charge is -1.93. The molecule has 1 rings (SSSR count). The molecule has 0 saturated carbocycles. The lowest BCUT2D eigenvalue weighted by Crippen LogP contribution is -1.80. The van der Waals surface area contributed by atoms with Crippen LogP contribution in [0.25, 0.3) is 6.08 Å². The SMILES string of the molecule is CCC(C=O)=Cc1sccc1C. The summed E-state index contributed by atoms with van der Waals surface area (Å²) in [5, 5.41) is 2.04. The fraction of sp³-hybridized carbons (Fsp3) is 0.300. The van der Waals surface area contributed by atoms with Crippen LogP contribution in [0.15, 0.2) is 17.0 Å². The van der Waals surface area contributed by atoms with Gasteiger partial charge in [-0.25, -0.2) is 0 Å². The van der Waals surface area contributed by atoms with Gasteiger partial charge in [0.2, 0.25) is 0 Å². The Bertz CT molecular complexity index is 297. The summed E-state index contributed by atoms with van der Waals surface area (Å²) >= 11 is 1.67. The van der Waals surface area contributed by atoms with Gasteiger partial charge in [0.05, 0.1) is 0 Å². The number of rotatable bonds is 3. The lowest BCUT2D eigenvalue weighted by molar-refractivity contribution is -0.104. The van der Waals surface area contributed by atoms with Crippen molar-refractivity contribution in [2.75, 3.05) is 0 Å². The van der Waals surface area contributed by atoms with Gasteiger partial charge in [0, 0.05) is 4.88 Å². The van der Waals surface area contributed by atoms with E-state index in [0.29, 0.717) is 0 Å². The molecule has 0 bridgehead atoms. The molecule has 0 aliphatic heterocycles. The van der Waals surface area contributed by atoms with Crippen molar-refractivity contribution in [3.8, 4) is 0 Å². The van der Waals surface area contributed by atoms with Gasteiger partial charge < -0.3 is 0 Å². The fourth-order valence-corrected chi connectivity index (χ4v) is 1.81. The van der Waals surface area contributed by atoms with E-state index in [9.17, 15) is 4.79 Å². The first-order valence-corrected chi connectivity index (χ1v) is 4.85. The van der Waals surface area contributed by atoms with Gasteiger partial charge in [-0.15, -0.1) is 11.3 Å². The molecule has 64 valence electrons. The third-order valence-electron chi connectivity index (χ3n) is 1.78. The van der Waals surface area contributed by atoms with Gasteiger partial charge in [-0.1, -0.05) is 6.92 Å². The van der Waals surface area contributed by atoms with Gasteiger partial charge in [0.1, 0.15) is 6.29 Å². The normalized spacial score (nSPS) is 11.7. The highest BCUT2D eigenvalue weighted by molar-refractivity contribution is 7.11. The molecule has 1 heterocycles. The van der Waals surface area contributed by atoms with Crippen LogP contribution in [0.5, 0.6) is 0 Å². The molecule has 0 saturated heterocycles. The zero-order valence-corrected chi connectivity index (χ0v) is 8.15. The average Bonchev–Trinajstić information content (AvgIpc) is 2.47. The Morgan fingerprint density at radius 3 is 2.83 bits per heavy atom. The van der Waals surface area contributed by atoms with Crippen molar-refractivity contribution in [1.29, 1.82) is 0 Å². The maximum Gasteiger partial charge on any atom is 0.146 e. The van der Waals surface area contributed by atoms with E-state index in [1.165, 1.54) is 10.4 Å². The van der Waals surface area contributed by atoms with Gasteiger partial charge >= 0.3 is 0 Å². The molecule has 2 heteroatoms. The van der Waals surface area contributed by atoms with Gasteiger partial charge in [-0.3, -0.25) is 4.79 Å². The molecule has 0 fully saturated rings. The van der Waals surface area contributed by atoms with Crippen LogP contribution in [0.2, 0.25) is 0 Å². The Hall–Kier alpha value is -0.890. The molecule has 0 unspecified atom stereocenters. The number of aryl methyl sites for hydroxylation is 1. The molecule has 1 nitrogen and oxygen atoms in total. The predicted molar refractivity (Wildman–Crippen MR) is 53.4 cm³/mol. The van der Waals surface area contributed by atoms with Gasteiger partial charge in [-0.2, -0.15) is 0 Å². The smallest absolute Gasteiger partial charge is 0.146 e. The molecule has 0 atom stereocenters. The van der Waals surface area contributed by atoms with E-state index in [2.05, 4.69) is 13.0 Å². The standard InChI is InChI=1S/C10H12OS/c1-3-9(7-11)6-10-8(2)4-5-12-10/h4-7H,3H2,1-2H3. The summed E-state index contributed by atoms with van der Waals surface area (Å²) in [6.45, 7) is 4.05. The second kappa shape index (κ2) is 4.21. The van der Waals surface area contributed by atoms with Crippen LogP contribution in [0, 0.1) is 6.92 Å². The Labute approximate surface area is 76.7 Å². The van der Waals surface area contributed by atoms with Gasteiger partial charge in [0.25, 0.3) is 0 Å². The van der Waals surface area contributed by atoms with Crippen LogP contribution < -0.4 is 0 Å². The molecule has 1 aromatic heterocycles. The minimum absolute atomic E-state index is 0.806. The first kappa shape index (κ1) is 9.20. The lowest BCUT2D eigenvalue weighted by atomic mass is 10.2. The van der Waals surface area contributed by atoms with Crippen LogP contribution in [-0.2, 0) is 4.79 Å². The maximum atomic E-state index is 10.5. The highest BCUT2D eigenvalue weighted by Crippen LogP contribution is 2.19. The van der Waals surface area contributed by atoms with Crippen molar-refractivity contribution < 1.29 is 4.79 Å². The molecule has 0 amide bonds. The molecule has 0 aliphatic rings. The summed E-state index contributed by atoms with van der Waals surface area (Å²) in [7, 11) is 0. The number of aldehydes is 1. The molecule has 0 N–H and O–H groups in total. The first-order chi connectivity index (χ1) is 5.77. The second-order valence-corrected chi connectivity index (χ2v) is 3.61. The number of thiophene rings is 1.